The second-order valence-corrected chi connectivity index (χ2v) is 5.14. The molecule has 0 saturated heterocycles. The van der Waals surface area contributed by atoms with Crippen molar-refractivity contribution in [3.63, 3.8) is 0 Å². The maximum Gasteiger partial charge on any atom is 0.306 e. The fourth-order valence-electron chi connectivity index (χ4n) is 2.54. The van der Waals surface area contributed by atoms with Crippen molar-refractivity contribution in [1.29, 1.82) is 0 Å². The van der Waals surface area contributed by atoms with E-state index in [9.17, 15) is 9.59 Å². The number of carbonyl (C=O) groups is 2. The van der Waals surface area contributed by atoms with E-state index < -0.39 is 5.97 Å². The van der Waals surface area contributed by atoms with Gasteiger partial charge >= 0.3 is 11.9 Å². The van der Waals surface area contributed by atoms with Crippen LogP contribution in [-0.4, -0.2) is 29.1 Å². The van der Waals surface area contributed by atoms with E-state index in [2.05, 4.69) is 9.72 Å². The number of ether oxygens (including phenoxy) is 1. The normalized spacial score (nSPS) is 22.4. The molecule has 1 aliphatic rings. The zero-order valence-electron chi connectivity index (χ0n) is 11.5. The van der Waals surface area contributed by atoms with Crippen LogP contribution in [0, 0.1) is 5.92 Å². The van der Waals surface area contributed by atoms with Crippen molar-refractivity contribution in [1.82, 2.24) is 4.98 Å². The molecule has 1 aromatic rings. The van der Waals surface area contributed by atoms with Gasteiger partial charge in [-0.3, -0.25) is 9.59 Å². The van der Waals surface area contributed by atoms with Crippen LogP contribution < -0.4 is 0 Å². The zero-order chi connectivity index (χ0) is 14.5. The SMILES string of the molecule is COC(=O)CCc1coc(C2CCC(C(=O)O)CC2)n1. The molecule has 6 heteroatoms. The van der Waals surface area contributed by atoms with Crippen LogP contribution in [0.5, 0.6) is 0 Å². The van der Waals surface area contributed by atoms with Crippen molar-refractivity contribution in [2.45, 2.75) is 44.4 Å². The van der Waals surface area contributed by atoms with Gasteiger partial charge < -0.3 is 14.3 Å². The van der Waals surface area contributed by atoms with Gasteiger partial charge in [0.05, 0.1) is 25.1 Å². The lowest BCUT2D eigenvalue weighted by atomic mass is 9.82. The summed E-state index contributed by atoms with van der Waals surface area (Å²) in [7, 11) is 1.36. The summed E-state index contributed by atoms with van der Waals surface area (Å²) >= 11 is 0. The quantitative estimate of drug-likeness (QED) is 0.832. The summed E-state index contributed by atoms with van der Waals surface area (Å²) in [5, 5.41) is 8.96. The third-order valence-corrected chi connectivity index (χ3v) is 3.81. The maximum atomic E-state index is 11.1. The van der Waals surface area contributed by atoms with E-state index in [1.165, 1.54) is 7.11 Å². The fraction of sp³-hybridized carbons (Fsp3) is 0.643. The fourth-order valence-corrected chi connectivity index (χ4v) is 2.54. The molecule has 0 aromatic carbocycles. The highest BCUT2D eigenvalue weighted by molar-refractivity contribution is 5.70. The maximum absolute atomic E-state index is 11.1. The van der Waals surface area contributed by atoms with E-state index in [0.717, 1.165) is 18.5 Å². The summed E-state index contributed by atoms with van der Waals surface area (Å²) in [5.41, 5.74) is 0.741. The molecule has 0 spiro atoms. The molecule has 1 fully saturated rings. The molecule has 20 heavy (non-hydrogen) atoms. The van der Waals surface area contributed by atoms with Gasteiger partial charge in [-0.2, -0.15) is 0 Å². The van der Waals surface area contributed by atoms with E-state index in [1.807, 2.05) is 0 Å². The van der Waals surface area contributed by atoms with Gasteiger partial charge in [-0.25, -0.2) is 4.98 Å². The van der Waals surface area contributed by atoms with Gasteiger partial charge in [0, 0.05) is 12.3 Å². The average molecular weight is 281 g/mol. The van der Waals surface area contributed by atoms with Crippen molar-refractivity contribution >= 4 is 11.9 Å². The van der Waals surface area contributed by atoms with E-state index in [4.69, 9.17) is 9.52 Å². The first-order valence-electron chi connectivity index (χ1n) is 6.84. The van der Waals surface area contributed by atoms with Crippen LogP contribution in [0.2, 0.25) is 0 Å². The van der Waals surface area contributed by atoms with Crippen molar-refractivity contribution in [3.05, 3.63) is 17.8 Å². The minimum atomic E-state index is -0.713. The Kier molecular flexibility index (Phi) is 4.76. The third kappa shape index (κ3) is 3.59. The van der Waals surface area contributed by atoms with Crippen molar-refractivity contribution in [2.75, 3.05) is 7.11 Å². The third-order valence-electron chi connectivity index (χ3n) is 3.81. The van der Waals surface area contributed by atoms with Gasteiger partial charge in [-0.1, -0.05) is 0 Å². The monoisotopic (exact) mass is 281 g/mol. The summed E-state index contributed by atoms with van der Waals surface area (Å²) in [6.45, 7) is 0. The lowest BCUT2D eigenvalue weighted by molar-refractivity contribution is -0.143. The topological polar surface area (TPSA) is 89.6 Å². The van der Waals surface area contributed by atoms with Gasteiger partial charge in [0.25, 0.3) is 0 Å². The summed E-state index contributed by atoms with van der Waals surface area (Å²) in [5.74, 6) is -0.364. The molecule has 1 N–H and O–H groups in total. The molecular formula is C14H19NO5. The number of hydrogen-bond acceptors (Lipinski definition) is 5. The lowest BCUT2D eigenvalue weighted by Crippen LogP contribution is -2.20. The van der Waals surface area contributed by atoms with Crippen LogP contribution in [0.1, 0.15) is 49.6 Å². The molecule has 0 amide bonds. The van der Waals surface area contributed by atoms with Gasteiger partial charge in [-0.15, -0.1) is 0 Å². The number of carbonyl (C=O) groups excluding carboxylic acids is 1. The molecule has 6 nitrogen and oxygen atoms in total. The van der Waals surface area contributed by atoms with Crippen LogP contribution >= 0.6 is 0 Å². The van der Waals surface area contributed by atoms with E-state index in [-0.39, 0.29) is 24.2 Å². The number of rotatable bonds is 5. The molecule has 1 heterocycles. The van der Waals surface area contributed by atoms with Gasteiger partial charge in [-0.05, 0) is 25.7 Å². The molecule has 0 radical (unpaired) electrons. The smallest absolute Gasteiger partial charge is 0.306 e. The number of oxazole rings is 1. The second kappa shape index (κ2) is 6.54. The number of esters is 1. The number of aryl methyl sites for hydroxylation is 1. The van der Waals surface area contributed by atoms with Gasteiger partial charge in [0.1, 0.15) is 6.26 Å². The van der Waals surface area contributed by atoms with Crippen molar-refractivity contribution in [3.8, 4) is 0 Å². The molecule has 2 rings (SSSR count). The first-order chi connectivity index (χ1) is 9.60. The number of aromatic nitrogens is 1. The van der Waals surface area contributed by atoms with Gasteiger partial charge in [0.15, 0.2) is 5.89 Å². The Hall–Kier alpha value is -1.85. The number of methoxy groups -OCH3 is 1. The number of carboxylic acid groups (broad SMARTS) is 1. The average Bonchev–Trinajstić information content (AvgIpc) is 2.93. The van der Waals surface area contributed by atoms with Crippen LogP contribution in [0.3, 0.4) is 0 Å². The highest BCUT2D eigenvalue weighted by Crippen LogP contribution is 2.35. The predicted octanol–water partition coefficient (Wildman–Crippen LogP) is 2.14. The minimum absolute atomic E-state index is 0.192. The summed E-state index contributed by atoms with van der Waals surface area (Å²) < 4.78 is 10.0. The molecule has 0 atom stereocenters. The molecular weight excluding hydrogens is 262 g/mol. The number of nitrogens with zero attached hydrogens (tertiary/aromatic N) is 1. The van der Waals surface area contributed by atoms with Crippen LogP contribution in [0.4, 0.5) is 0 Å². The van der Waals surface area contributed by atoms with Crippen LogP contribution in [-0.2, 0) is 20.7 Å². The molecule has 1 saturated carbocycles. The van der Waals surface area contributed by atoms with Crippen molar-refractivity contribution < 1.29 is 23.8 Å². The van der Waals surface area contributed by atoms with Crippen LogP contribution in [0.25, 0.3) is 0 Å². The lowest BCUT2D eigenvalue weighted by Gasteiger charge is -2.23. The first-order valence-corrected chi connectivity index (χ1v) is 6.84. The number of aliphatic carboxylic acids is 1. The summed E-state index contributed by atoms with van der Waals surface area (Å²) in [6, 6.07) is 0. The minimum Gasteiger partial charge on any atom is -0.481 e. The first kappa shape index (κ1) is 14.6. The van der Waals surface area contributed by atoms with E-state index in [0.29, 0.717) is 25.2 Å². The molecule has 0 unspecified atom stereocenters. The standard InChI is InChI=1S/C14H19NO5/c1-19-12(16)7-6-11-8-20-13(15-11)9-2-4-10(5-3-9)14(17)18/h8-10H,2-7H2,1H3,(H,17,18). The molecule has 0 bridgehead atoms. The largest absolute Gasteiger partial charge is 0.481 e. The highest BCUT2D eigenvalue weighted by atomic mass is 16.5. The number of carboxylic acids is 1. The Morgan fingerprint density at radius 3 is 2.70 bits per heavy atom. The number of hydrogen-bond donors (Lipinski definition) is 1. The van der Waals surface area contributed by atoms with Crippen LogP contribution in [0.15, 0.2) is 10.7 Å². The van der Waals surface area contributed by atoms with Gasteiger partial charge in [0.2, 0.25) is 0 Å². The Morgan fingerprint density at radius 1 is 1.40 bits per heavy atom. The molecule has 110 valence electrons. The molecule has 1 aliphatic carbocycles. The van der Waals surface area contributed by atoms with E-state index in [1.54, 1.807) is 6.26 Å². The molecule has 1 aromatic heterocycles. The summed E-state index contributed by atoms with van der Waals surface area (Å²) in [6.07, 6.45) is 5.26. The Morgan fingerprint density at radius 2 is 2.10 bits per heavy atom. The Balaban J connectivity index is 1.86. The van der Waals surface area contributed by atoms with E-state index >= 15 is 0 Å². The summed E-state index contributed by atoms with van der Waals surface area (Å²) in [4.78, 5) is 26.3. The Bertz CT molecular complexity index is 474. The predicted molar refractivity (Wildman–Crippen MR) is 69.2 cm³/mol. The highest BCUT2D eigenvalue weighted by Gasteiger charge is 2.29. The zero-order valence-corrected chi connectivity index (χ0v) is 11.5. The van der Waals surface area contributed by atoms with Crippen molar-refractivity contribution in [2.24, 2.45) is 5.92 Å². The molecule has 0 aliphatic heterocycles. The Labute approximate surface area is 117 Å². The second-order valence-electron chi connectivity index (χ2n) is 5.14.